The summed E-state index contributed by atoms with van der Waals surface area (Å²) in [5.74, 6) is -2.94. The Kier molecular flexibility index (Phi) is 8.55. The summed E-state index contributed by atoms with van der Waals surface area (Å²) in [5, 5.41) is 13.1. The second-order valence-electron chi connectivity index (χ2n) is 10.9. The Labute approximate surface area is 265 Å². The number of alkyl halides is 3. The van der Waals surface area contributed by atoms with E-state index in [1.807, 2.05) is 10.9 Å². The predicted octanol–water partition coefficient (Wildman–Crippen LogP) is 7.02. The van der Waals surface area contributed by atoms with Gasteiger partial charge >= 0.3 is 12.1 Å². The van der Waals surface area contributed by atoms with Crippen molar-refractivity contribution in [1.29, 1.82) is 0 Å². The lowest BCUT2D eigenvalue weighted by molar-refractivity contribution is -0.170. The van der Waals surface area contributed by atoms with Gasteiger partial charge in [0.25, 0.3) is 0 Å². The van der Waals surface area contributed by atoms with Crippen molar-refractivity contribution < 1.29 is 22.4 Å². The number of amides is 1. The lowest BCUT2D eigenvalue weighted by atomic mass is 9.98. The number of piperidine rings is 1. The molecule has 3 aromatic heterocycles. The van der Waals surface area contributed by atoms with Gasteiger partial charge in [-0.1, -0.05) is 41.4 Å². The number of carbonyl (C=O) groups excluding carboxylic acids is 1. The molecule has 1 atom stereocenters. The van der Waals surface area contributed by atoms with Gasteiger partial charge in [0.2, 0.25) is 0 Å². The fourth-order valence-electron chi connectivity index (χ4n) is 5.65. The summed E-state index contributed by atoms with van der Waals surface area (Å²) in [7, 11) is 0.989. The van der Waals surface area contributed by atoms with Crippen molar-refractivity contribution >= 4 is 46.0 Å². The monoisotopic (exact) mass is 659 g/mol. The molecule has 6 rings (SSSR count). The number of pyridine rings is 1. The largest absolute Gasteiger partial charge is 0.471 e. The van der Waals surface area contributed by atoms with E-state index < -0.39 is 23.9 Å². The highest BCUT2D eigenvalue weighted by Crippen LogP contribution is 2.37. The number of halogens is 6. The maximum atomic E-state index is 14.6. The number of anilines is 1. The van der Waals surface area contributed by atoms with E-state index in [9.17, 15) is 22.4 Å². The van der Waals surface area contributed by atoms with Crippen molar-refractivity contribution in [3.8, 4) is 11.1 Å². The zero-order valence-corrected chi connectivity index (χ0v) is 25.4. The van der Waals surface area contributed by atoms with Gasteiger partial charge in [0, 0.05) is 47.0 Å². The van der Waals surface area contributed by atoms with Crippen LogP contribution < -0.4 is 10.2 Å². The number of hydrogen-bond acceptors (Lipinski definition) is 5. The van der Waals surface area contributed by atoms with Crippen molar-refractivity contribution in [3.63, 3.8) is 0 Å². The standard InChI is InChI=1S/C31H27Cl2F4N7O/c1-42(30(45)31(35,36)37)29-28-27(13-19(15-39-28)20-16-40-43(17-20)22-8-10-38-11-9-22)44(41-29)26(18-4-2-5-21(34)12-18)14-23-24(32)6-3-7-25(23)33/h2-7,12-13,15-17,22,26,38H,8-11,14H2,1H3. The first-order chi connectivity index (χ1) is 21.5. The molecule has 234 valence electrons. The summed E-state index contributed by atoms with van der Waals surface area (Å²) in [5.41, 5.74) is 2.73. The molecule has 8 nitrogen and oxygen atoms in total. The van der Waals surface area contributed by atoms with Crippen LogP contribution in [0.4, 0.5) is 23.4 Å². The molecule has 4 heterocycles. The van der Waals surface area contributed by atoms with Crippen molar-refractivity contribution in [2.45, 2.75) is 37.5 Å². The van der Waals surface area contributed by atoms with Crippen molar-refractivity contribution in [1.82, 2.24) is 29.9 Å². The highest BCUT2D eigenvalue weighted by molar-refractivity contribution is 6.36. The third-order valence-corrected chi connectivity index (χ3v) is 8.71. The number of hydrogen-bond donors (Lipinski definition) is 1. The first-order valence-electron chi connectivity index (χ1n) is 14.2. The normalized spacial score (nSPS) is 15.0. The molecule has 2 aromatic carbocycles. The summed E-state index contributed by atoms with van der Waals surface area (Å²) in [6.07, 6.45) is 1.93. The molecule has 1 saturated heterocycles. The van der Waals surface area contributed by atoms with Crippen molar-refractivity contribution in [3.05, 3.63) is 94.1 Å². The molecule has 1 N–H and O–H groups in total. The molecule has 1 aliphatic heterocycles. The number of benzene rings is 2. The number of nitrogens with zero attached hydrogens (tertiary/aromatic N) is 6. The molecule has 1 amide bonds. The van der Waals surface area contributed by atoms with Crippen LogP contribution in [0.2, 0.25) is 10.0 Å². The Bertz CT molecular complexity index is 1850. The van der Waals surface area contributed by atoms with Crippen LogP contribution in [0.25, 0.3) is 22.2 Å². The van der Waals surface area contributed by atoms with Gasteiger partial charge < -0.3 is 5.32 Å². The fourth-order valence-corrected chi connectivity index (χ4v) is 6.20. The Morgan fingerprint density at radius 1 is 1.07 bits per heavy atom. The Hall–Kier alpha value is -4.00. The summed E-state index contributed by atoms with van der Waals surface area (Å²) < 4.78 is 58.6. The van der Waals surface area contributed by atoms with Crippen LogP contribution in [0.1, 0.15) is 36.1 Å². The number of fused-ring (bicyclic) bond motifs is 1. The topological polar surface area (TPSA) is 80.9 Å². The lowest BCUT2D eigenvalue weighted by Gasteiger charge is -2.22. The van der Waals surface area contributed by atoms with Crippen LogP contribution in [0.3, 0.4) is 0 Å². The fraction of sp³-hybridized carbons (Fsp3) is 0.290. The zero-order valence-electron chi connectivity index (χ0n) is 23.9. The molecular formula is C31H27Cl2F4N7O. The second kappa shape index (κ2) is 12.4. The van der Waals surface area contributed by atoms with Gasteiger partial charge in [-0.25, -0.2) is 9.37 Å². The van der Waals surface area contributed by atoms with Gasteiger partial charge in [0.1, 0.15) is 11.3 Å². The molecule has 45 heavy (non-hydrogen) atoms. The molecule has 1 unspecified atom stereocenters. The van der Waals surface area contributed by atoms with Gasteiger partial charge in [-0.05, 0) is 67.4 Å². The second-order valence-corrected chi connectivity index (χ2v) is 11.7. The van der Waals surface area contributed by atoms with Gasteiger partial charge in [0.15, 0.2) is 5.82 Å². The molecule has 1 fully saturated rings. The zero-order chi connectivity index (χ0) is 31.9. The maximum absolute atomic E-state index is 14.6. The summed E-state index contributed by atoms with van der Waals surface area (Å²) >= 11 is 13.1. The number of nitrogens with one attached hydrogen (secondary N) is 1. The van der Waals surface area contributed by atoms with Crippen LogP contribution in [0.15, 0.2) is 67.1 Å². The Morgan fingerprint density at radius 3 is 2.47 bits per heavy atom. The molecule has 1 aliphatic rings. The van der Waals surface area contributed by atoms with E-state index in [-0.39, 0.29) is 23.8 Å². The first-order valence-corrected chi connectivity index (χ1v) is 14.9. The average Bonchev–Trinajstić information content (AvgIpc) is 3.66. The highest BCUT2D eigenvalue weighted by atomic mass is 35.5. The van der Waals surface area contributed by atoms with Gasteiger partial charge in [0.05, 0.1) is 23.8 Å². The minimum atomic E-state index is -5.15. The van der Waals surface area contributed by atoms with Crippen LogP contribution in [0.5, 0.6) is 0 Å². The minimum absolute atomic E-state index is 0.0521. The van der Waals surface area contributed by atoms with E-state index in [0.29, 0.717) is 37.2 Å². The van der Waals surface area contributed by atoms with Gasteiger partial charge in [-0.15, -0.1) is 0 Å². The Morgan fingerprint density at radius 2 is 1.78 bits per heavy atom. The SMILES string of the molecule is CN(C(=O)C(F)(F)F)c1nn(C(Cc2c(Cl)cccc2Cl)c2cccc(F)c2)c2cc(-c3cnn(C4CCNCC4)c3)cnc12. The van der Waals surface area contributed by atoms with E-state index in [1.54, 1.807) is 36.5 Å². The first kappa shape index (κ1) is 31.0. The molecule has 0 spiro atoms. The van der Waals surface area contributed by atoms with Crippen molar-refractivity contribution in [2.24, 2.45) is 0 Å². The number of rotatable bonds is 7. The third kappa shape index (κ3) is 6.27. The average molecular weight is 661 g/mol. The Balaban J connectivity index is 1.53. The molecule has 0 aliphatic carbocycles. The number of aromatic nitrogens is 5. The van der Waals surface area contributed by atoms with E-state index >= 15 is 0 Å². The predicted molar refractivity (Wildman–Crippen MR) is 164 cm³/mol. The smallest absolute Gasteiger partial charge is 0.317 e. The molecule has 0 bridgehead atoms. The molecule has 0 saturated carbocycles. The third-order valence-electron chi connectivity index (χ3n) is 8.00. The van der Waals surface area contributed by atoms with E-state index in [4.69, 9.17) is 23.2 Å². The summed E-state index contributed by atoms with van der Waals surface area (Å²) in [6.45, 7) is 1.77. The van der Waals surface area contributed by atoms with Crippen LogP contribution in [0, 0.1) is 5.82 Å². The van der Waals surface area contributed by atoms with E-state index in [2.05, 4.69) is 20.5 Å². The maximum Gasteiger partial charge on any atom is 0.471 e. The lowest BCUT2D eigenvalue weighted by Crippen LogP contribution is -2.39. The van der Waals surface area contributed by atoms with Crippen LogP contribution >= 0.6 is 23.2 Å². The van der Waals surface area contributed by atoms with E-state index in [0.717, 1.165) is 38.5 Å². The molecular weight excluding hydrogens is 633 g/mol. The van der Waals surface area contributed by atoms with Gasteiger partial charge in [-0.3, -0.25) is 19.1 Å². The van der Waals surface area contributed by atoms with Gasteiger partial charge in [-0.2, -0.15) is 23.4 Å². The van der Waals surface area contributed by atoms with Crippen molar-refractivity contribution in [2.75, 3.05) is 25.0 Å². The quantitative estimate of drug-likeness (QED) is 0.190. The highest BCUT2D eigenvalue weighted by Gasteiger charge is 2.43. The van der Waals surface area contributed by atoms with Crippen LogP contribution in [-0.2, 0) is 11.2 Å². The molecule has 5 aromatic rings. The van der Waals surface area contributed by atoms with Crippen LogP contribution in [-0.4, -0.2) is 56.8 Å². The summed E-state index contributed by atoms with van der Waals surface area (Å²) in [6, 6.07) is 12.0. The summed E-state index contributed by atoms with van der Waals surface area (Å²) in [4.78, 5) is 17.3. The number of carbonyl (C=O) groups is 1. The minimum Gasteiger partial charge on any atom is -0.317 e. The van der Waals surface area contributed by atoms with E-state index in [1.165, 1.54) is 29.1 Å². The molecule has 14 heteroatoms. The molecule has 0 radical (unpaired) electrons.